The second-order valence-corrected chi connectivity index (χ2v) is 5.04. The van der Waals surface area contributed by atoms with Gasteiger partial charge in [-0.2, -0.15) is 9.61 Å². The summed E-state index contributed by atoms with van der Waals surface area (Å²) in [6, 6.07) is 1.97. The third-order valence-corrected chi connectivity index (χ3v) is 3.45. The summed E-state index contributed by atoms with van der Waals surface area (Å²) in [5, 5.41) is 7.79. The molecule has 4 nitrogen and oxygen atoms in total. The third-order valence-electron chi connectivity index (χ3n) is 3.45. The van der Waals surface area contributed by atoms with E-state index in [-0.39, 0.29) is 0 Å². The van der Waals surface area contributed by atoms with Crippen LogP contribution in [0.5, 0.6) is 0 Å². The monoisotopic (exact) mass is 294 g/mol. The van der Waals surface area contributed by atoms with E-state index in [0.717, 1.165) is 33.9 Å². The second-order valence-electron chi connectivity index (χ2n) is 5.04. The van der Waals surface area contributed by atoms with Crippen LogP contribution in [0.15, 0.2) is 55.3 Å². The molecule has 2 heterocycles. The Morgan fingerprint density at radius 1 is 1.41 bits per heavy atom. The average Bonchev–Trinajstić information content (AvgIpc) is 2.90. The minimum absolute atomic E-state index is 0.688. The predicted octanol–water partition coefficient (Wildman–Crippen LogP) is 4.17. The minimum Gasteiger partial charge on any atom is -0.366 e. The lowest BCUT2D eigenvalue weighted by Crippen LogP contribution is -2.09. The van der Waals surface area contributed by atoms with Crippen molar-refractivity contribution in [3.05, 3.63) is 66.6 Å². The molecule has 0 bridgehead atoms. The first-order chi connectivity index (χ1) is 10.6. The fourth-order valence-electron chi connectivity index (χ4n) is 2.13. The van der Waals surface area contributed by atoms with Gasteiger partial charge in [0.1, 0.15) is 5.82 Å². The number of fused-ring (bicyclic) bond motifs is 1. The molecule has 0 aliphatic carbocycles. The summed E-state index contributed by atoms with van der Waals surface area (Å²) in [7, 11) is 0. The predicted molar refractivity (Wildman–Crippen MR) is 94.0 cm³/mol. The fourth-order valence-corrected chi connectivity index (χ4v) is 2.13. The van der Waals surface area contributed by atoms with Gasteiger partial charge >= 0.3 is 0 Å². The lowest BCUT2D eigenvalue weighted by atomic mass is 10.2. The van der Waals surface area contributed by atoms with E-state index in [1.54, 1.807) is 0 Å². The molecule has 0 radical (unpaired) electrons. The van der Waals surface area contributed by atoms with Crippen molar-refractivity contribution in [3.63, 3.8) is 0 Å². The van der Waals surface area contributed by atoms with Gasteiger partial charge in [-0.15, -0.1) is 0 Å². The van der Waals surface area contributed by atoms with Crippen molar-refractivity contribution in [2.24, 2.45) is 0 Å². The Bertz CT molecular complexity index is 763. The topological polar surface area (TPSA) is 42.2 Å². The zero-order valence-electron chi connectivity index (χ0n) is 13.4. The number of anilines is 1. The van der Waals surface area contributed by atoms with Crippen LogP contribution in [-0.2, 0) is 0 Å². The lowest BCUT2D eigenvalue weighted by Gasteiger charge is -2.11. The zero-order valence-corrected chi connectivity index (χ0v) is 13.4. The fraction of sp³-hybridized carbons (Fsp3) is 0.222. The first-order valence-electron chi connectivity index (χ1n) is 7.29. The maximum Gasteiger partial charge on any atom is 0.160 e. The van der Waals surface area contributed by atoms with E-state index in [0.29, 0.717) is 6.54 Å². The Kier molecular flexibility index (Phi) is 4.94. The molecule has 0 aliphatic heterocycles. The number of nitrogens with zero attached hydrogens (tertiary/aromatic N) is 3. The van der Waals surface area contributed by atoms with Crippen LogP contribution in [0, 0.1) is 6.92 Å². The number of hydrogen-bond acceptors (Lipinski definition) is 3. The summed E-state index contributed by atoms with van der Waals surface area (Å²) >= 11 is 0. The Morgan fingerprint density at radius 3 is 2.82 bits per heavy atom. The van der Waals surface area contributed by atoms with E-state index < -0.39 is 0 Å². The molecule has 22 heavy (non-hydrogen) atoms. The summed E-state index contributed by atoms with van der Waals surface area (Å²) in [4.78, 5) is 4.66. The van der Waals surface area contributed by atoms with Gasteiger partial charge in [0.05, 0.1) is 11.9 Å². The first-order valence-corrected chi connectivity index (χ1v) is 7.29. The molecular weight excluding hydrogens is 272 g/mol. The molecule has 0 unspecified atom stereocenters. The highest BCUT2D eigenvalue weighted by Crippen LogP contribution is 2.20. The molecule has 4 heteroatoms. The van der Waals surface area contributed by atoms with E-state index in [2.05, 4.69) is 28.6 Å². The molecule has 0 saturated carbocycles. The maximum absolute atomic E-state index is 4.66. The Hall–Kier alpha value is -2.62. The lowest BCUT2D eigenvalue weighted by molar-refractivity contribution is 0.932. The van der Waals surface area contributed by atoms with Crippen molar-refractivity contribution in [1.82, 2.24) is 14.6 Å². The SMILES string of the molecule is C=C/C(=C\C)CNc1cc(C(=C)/C=C\C)nc2c(C)cnn12. The summed E-state index contributed by atoms with van der Waals surface area (Å²) in [6.45, 7) is 14.5. The molecule has 2 rings (SSSR count). The van der Waals surface area contributed by atoms with Gasteiger partial charge in [0.15, 0.2) is 5.65 Å². The molecular formula is C18H22N4. The molecule has 114 valence electrons. The van der Waals surface area contributed by atoms with Crippen molar-refractivity contribution in [3.8, 4) is 0 Å². The molecule has 0 aliphatic rings. The van der Waals surface area contributed by atoms with Crippen molar-refractivity contribution >= 4 is 17.0 Å². The van der Waals surface area contributed by atoms with Gasteiger partial charge in [0.2, 0.25) is 0 Å². The number of allylic oxidation sites excluding steroid dienone is 4. The van der Waals surface area contributed by atoms with Crippen molar-refractivity contribution in [1.29, 1.82) is 0 Å². The van der Waals surface area contributed by atoms with Crippen LogP contribution in [0.1, 0.15) is 25.1 Å². The number of hydrogen-bond donors (Lipinski definition) is 1. The number of rotatable bonds is 6. The number of aromatic nitrogens is 3. The molecule has 0 saturated heterocycles. The average molecular weight is 294 g/mol. The maximum atomic E-state index is 4.66. The van der Waals surface area contributed by atoms with Gasteiger partial charge in [-0.25, -0.2) is 4.98 Å². The molecule has 0 fully saturated rings. The molecule has 0 amide bonds. The van der Waals surface area contributed by atoms with E-state index >= 15 is 0 Å². The van der Waals surface area contributed by atoms with Gasteiger partial charge < -0.3 is 5.32 Å². The zero-order chi connectivity index (χ0) is 16.1. The molecule has 1 N–H and O–H groups in total. The molecule has 2 aromatic rings. The van der Waals surface area contributed by atoms with E-state index in [1.165, 1.54) is 0 Å². The van der Waals surface area contributed by atoms with E-state index in [1.807, 2.05) is 61.9 Å². The van der Waals surface area contributed by atoms with Gasteiger partial charge in [0.25, 0.3) is 0 Å². The van der Waals surface area contributed by atoms with Gasteiger partial charge in [-0.05, 0) is 31.9 Å². The quantitative estimate of drug-likeness (QED) is 0.813. The van der Waals surface area contributed by atoms with Crippen LogP contribution in [-0.4, -0.2) is 21.1 Å². The van der Waals surface area contributed by atoms with E-state index in [9.17, 15) is 0 Å². The first kappa shape index (κ1) is 15.8. The second kappa shape index (κ2) is 6.89. The van der Waals surface area contributed by atoms with Crippen molar-refractivity contribution < 1.29 is 0 Å². The summed E-state index contributed by atoms with van der Waals surface area (Å²) in [5.74, 6) is 0.889. The normalized spacial score (nSPS) is 12.0. The highest BCUT2D eigenvalue weighted by molar-refractivity contribution is 5.73. The van der Waals surface area contributed by atoms with Crippen LogP contribution in [0.3, 0.4) is 0 Å². The molecule has 0 atom stereocenters. The highest BCUT2D eigenvalue weighted by Gasteiger charge is 2.10. The van der Waals surface area contributed by atoms with Crippen LogP contribution < -0.4 is 5.32 Å². The number of aryl methyl sites for hydroxylation is 1. The summed E-state index contributed by atoms with van der Waals surface area (Å²) in [5.41, 5.74) is 4.73. The third kappa shape index (κ3) is 3.17. The Morgan fingerprint density at radius 2 is 2.18 bits per heavy atom. The van der Waals surface area contributed by atoms with Crippen LogP contribution in [0.2, 0.25) is 0 Å². The Balaban J connectivity index is 2.46. The summed E-state index contributed by atoms with van der Waals surface area (Å²) in [6.07, 6.45) is 9.61. The Labute approximate surface area is 131 Å². The van der Waals surface area contributed by atoms with Crippen molar-refractivity contribution in [2.45, 2.75) is 20.8 Å². The van der Waals surface area contributed by atoms with Crippen LogP contribution in [0.4, 0.5) is 5.82 Å². The van der Waals surface area contributed by atoms with Crippen LogP contribution >= 0.6 is 0 Å². The molecule has 2 aromatic heterocycles. The standard InChI is InChI=1S/C18H22N4/c1-6-9-13(4)16-10-17(19-12-15(7-2)8-3)22-18(21-16)14(5)11-20-22/h6-11,19H,2,4,12H2,1,3,5H3/b9-6-,15-8+. The number of nitrogens with one attached hydrogen (secondary N) is 1. The highest BCUT2D eigenvalue weighted by atomic mass is 15.3. The molecule has 0 aromatic carbocycles. The molecule has 0 spiro atoms. The van der Waals surface area contributed by atoms with Crippen LogP contribution in [0.25, 0.3) is 11.2 Å². The van der Waals surface area contributed by atoms with Gasteiger partial charge in [-0.1, -0.05) is 37.5 Å². The largest absolute Gasteiger partial charge is 0.366 e. The van der Waals surface area contributed by atoms with E-state index in [4.69, 9.17) is 0 Å². The summed E-state index contributed by atoms with van der Waals surface area (Å²) < 4.78 is 1.82. The van der Waals surface area contributed by atoms with Gasteiger partial charge in [-0.3, -0.25) is 0 Å². The van der Waals surface area contributed by atoms with Gasteiger partial charge in [0, 0.05) is 18.2 Å². The minimum atomic E-state index is 0.688. The van der Waals surface area contributed by atoms with Crippen molar-refractivity contribution in [2.75, 3.05) is 11.9 Å². The smallest absolute Gasteiger partial charge is 0.160 e.